The van der Waals surface area contributed by atoms with Crippen molar-refractivity contribution in [2.24, 2.45) is 0 Å². The lowest BCUT2D eigenvalue weighted by molar-refractivity contribution is -0.383. The third kappa shape index (κ3) is 4.89. The van der Waals surface area contributed by atoms with Gasteiger partial charge in [-0.3, -0.25) is 19.7 Å². The number of nitrogens with zero attached hydrogens (tertiary/aromatic N) is 2. The summed E-state index contributed by atoms with van der Waals surface area (Å²) in [6, 6.07) is 12.7. The van der Waals surface area contributed by atoms with E-state index >= 15 is 0 Å². The quantitative estimate of drug-likeness (QED) is 0.372. The minimum Gasteiger partial charge on any atom is -0.504 e. The fourth-order valence-corrected chi connectivity index (χ4v) is 5.17. The van der Waals surface area contributed by atoms with Gasteiger partial charge in [-0.15, -0.1) is 0 Å². The lowest BCUT2D eigenvalue weighted by atomic mass is 9.77. The average Bonchev–Trinajstić information content (AvgIpc) is 2.87. The van der Waals surface area contributed by atoms with Crippen molar-refractivity contribution in [2.75, 3.05) is 18.2 Å². The van der Waals surface area contributed by atoms with Gasteiger partial charge in [0.25, 0.3) is 5.69 Å². The second-order valence-corrected chi connectivity index (χ2v) is 9.11. The van der Waals surface area contributed by atoms with Gasteiger partial charge >= 0.3 is 0 Å². The van der Waals surface area contributed by atoms with E-state index in [4.69, 9.17) is 4.74 Å². The Balaban J connectivity index is 1.64. The Bertz CT molecular complexity index is 1360. The molecule has 1 heterocycles. The van der Waals surface area contributed by atoms with Crippen LogP contribution in [0, 0.1) is 21.4 Å². The smallest absolute Gasteiger partial charge is 0.292 e. The van der Waals surface area contributed by atoms with Gasteiger partial charge in [-0.25, -0.2) is 0 Å². The monoisotopic (exact) mass is 506 g/mol. The zero-order chi connectivity index (χ0) is 25.8. The maximum Gasteiger partial charge on any atom is 0.292 e. The number of hydrogen-bond acceptors (Lipinski definition) is 9. The van der Waals surface area contributed by atoms with E-state index in [0.29, 0.717) is 41.1 Å². The van der Waals surface area contributed by atoms with Crippen LogP contribution in [0.2, 0.25) is 0 Å². The number of aromatic hydroxyl groups is 1. The molecule has 0 saturated carbocycles. The second kappa shape index (κ2) is 10.5. The molecule has 1 aliphatic heterocycles. The number of ketones is 1. The van der Waals surface area contributed by atoms with Gasteiger partial charge in [0, 0.05) is 23.8 Å². The van der Waals surface area contributed by atoms with Gasteiger partial charge in [0.2, 0.25) is 5.91 Å². The van der Waals surface area contributed by atoms with Crippen molar-refractivity contribution < 1.29 is 24.4 Å². The molecular weight excluding hydrogens is 484 g/mol. The molecule has 36 heavy (non-hydrogen) atoms. The summed E-state index contributed by atoms with van der Waals surface area (Å²) in [5.74, 6) is -1.21. The number of benzene rings is 2. The van der Waals surface area contributed by atoms with Gasteiger partial charge in [0.15, 0.2) is 17.3 Å². The highest BCUT2D eigenvalue weighted by molar-refractivity contribution is 8.03. The first-order chi connectivity index (χ1) is 17.3. The largest absolute Gasteiger partial charge is 0.504 e. The summed E-state index contributed by atoms with van der Waals surface area (Å²) in [5.41, 5.74) is 1.92. The summed E-state index contributed by atoms with van der Waals surface area (Å²) in [4.78, 5) is 36.2. The zero-order valence-electron chi connectivity index (χ0n) is 19.2. The molecule has 184 valence electrons. The number of ether oxygens (including phenoxy) is 1. The van der Waals surface area contributed by atoms with E-state index in [-0.39, 0.29) is 40.0 Å². The molecule has 0 aromatic heterocycles. The Hall–Kier alpha value is -4.30. The highest BCUT2D eigenvalue weighted by Gasteiger charge is 2.37. The van der Waals surface area contributed by atoms with Crippen molar-refractivity contribution in [1.29, 1.82) is 5.26 Å². The first-order valence-electron chi connectivity index (χ1n) is 11.0. The van der Waals surface area contributed by atoms with Crippen LogP contribution < -0.4 is 15.4 Å². The number of nitro groups is 1. The molecule has 1 atom stereocenters. The van der Waals surface area contributed by atoms with Gasteiger partial charge in [-0.05, 0) is 36.6 Å². The molecular formula is C25H22N4O6S. The number of phenols is 1. The number of carbonyl (C=O) groups excluding carboxylic acids is 2. The van der Waals surface area contributed by atoms with E-state index in [0.717, 1.165) is 11.8 Å². The van der Waals surface area contributed by atoms with Crippen LogP contribution >= 0.6 is 11.8 Å². The van der Waals surface area contributed by atoms with Gasteiger partial charge in [0.05, 0.1) is 40.4 Å². The minimum atomic E-state index is -0.686. The summed E-state index contributed by atoms with van der Waals surface area (Å²) in [6.45, 7) is 0. The maximum atomic E-state index is 12.9. The third-order valence-electron chi connectivity index (χ3n) is 5.92. The van der Waals surface area contributed by atoms with Crippen molar-refractivity contribution in [3.63, 3.8) is 0 Å². The number of hydrogen-bond donors (Lipinski definition) is 3. The van der Waals surface area contributed by atoms with E-state index in [9.17, 15) is 30.1 Å². The highest BCUT2D eigenvalue weighted by atomic mass is 32.2. The predicted octanol–water partition coefficient (Wildman–Crippen LogP) is 4.11. The lowest BCUT2D eigenvalue weighted by Crippen LogP contribution is -2.31. The number of nitro benzene ring substituents is 1. The Kier molecular flexibility index (Phi) is 7.26. The van der Waals surface area contributed by atoms with E-state index in [1.165, 1.54) is 31.4 Å². The van der Waals surface area contributed by atoms with Gasteiger partial charge in [0.1, 0.15) is 5.69 Å². The van der Waals surface area contributed by atoms with Crippen molar-refractivity contribution in [1.82, 2.24) is 5.32 Å². The number of Topliss-reactive ketones (excluding diaryl/α,β-unsaturated/α-hetero) is 1. The number of dihydropyridines is 1. The van der Waals surface area contributed by atoms with E-state index in [1.807, 2.05) is 0 Å². The van der Waals surface area contributed by atoms with Crippen LogP contribution in [0.3, 0.4) is 0 Å². The predicted molar refractivity (Wildman–Crippen MR) is 133 cm³/mol. The van der Waals surface area contributed by atoms with E-state index in [1.54, 1.807) is 18.2 Å². The Morgan fingerprint density at radius 3 is 2.83 bits per heavy atom. The highest BCUT2D eigenvalue weighted by Crippen LogP contribution is 2.45. The first kappa shape index (κ1) is 24.8. The molecule has 2 aromatic carbocycles. The molecule has 2 aliphatic rings. The number of para-hydroxylation sites is 2. The molecule has 2 aromatic rings. The van der Waals surface area contributed by atoms with Crippen LogP contribution in [0.1, 0.15) is 30.7 Å². The number of nitriles is 1. The maximum absolute atomic E-state index is 12.9. The average molecular weight is 507 g/mol. The molecule has 0 saturated heterocycles. The van der Waals surface area contributed by atoms with Crippen molar-refractivity contribution >= 4 is 34.8 Å². The Morgan fingerprint density at radius 1 is 1.33 bits per heavy atom. The molecule has 10 nitrogen and oxygen atoms in total. The number of phenolic OH excluding ortho intramolecular Hbond substituents is 1. The fraction of sp³-hybridized carbons (Fsp3) is 0.240. The standard InChI is InChI=1S/C25H22N4O6S/c1-35-21-11-14(9-10-19(21)30)23-15(12-26)25(28-17-6-4-8-20(31)24(17)23)36-13-22(32)27-16-5-2-3-7-18(16)29(33)34/h2-3,5,7,9-11,23,28,30H,4,6,8,13H2,1H3,(H,27,32)/t23-/m1/s1. The number of rotatable bonds is 7. The molecule has 0 fully saturated rings. The van der Waals surface area contributed by atoms with Crippen LogP contribution in [0.4, 0.5) is 11.4 Å². The lowest BCUT2D eigenvalue weighted by Gasteiger charge is -2.33. The molecule has 0 spiro atoms. The number of methoxy groups -OCH3 is 1. The summed E-state index contributed by atoms with van der Waals surface area (Å²) in [5, 5.41) is 37.5. The molecule has 4 rings (SSSR count). The summed E-state index contributed by atoms with van der Waals surface area (Å²) >= 11 is 1.08. The Labute approximate surface area is 210 Å². The number of carbonyl (C=O) groups is 2. The second-order valence-electron chi connectivity index (χ2n) is 8.12. The van der Waals surface area contributed by atoms with Gasteiger partial charge in [-0.1, -0.05) is 30.0 Å². The molecule has 1 amide bonds. The zero-order valence-corrected chi connectivity index (χ0v) is 20.1. The number of nitrogens with one attached hydrogen (secondary N) is 2. The number of thioether (sulfide) groups is 1. The fourth-order valence-electron chi connectivity index (χ4n) is 4.31. The van der Waals surface area contributed by atoms with Crippen LogP contribution in [-0.2, 0) is 9.59 Å². The molecule has 3 N–H and O–H groups in total. The molecule has 11 heteroatoms. The van der Waals surface area contributed by atoms with Gasteiger partial charge < -0.3 is 20.5 Å². The van der Waals surface area contributed by atoms with Crippen LogP contribution in [-0.4, -0.2) is 34.6 Å². The SMILES string of the molecule is COc1cc([C@@H]2C(C#N)=C(SCC(=O)Nc3ccccc3[N+](=O)[O-])NC3=C2C(=O)CCC3)ccc1O. The normalized spacial score (nSPS) is 17.1. The minimum absolute atomic E-state index is 0.0632. The number of amides is 1. The number of anilines is 1. The van der Waals surface area contributed by atoms with Crippen molar-refractivity contribution in [3.05, 3.63) is 80.0 Å². The molecule has 1 aliphatic carbocycles. The number of allylic oxidation sites excluding steroid dienone is 3. The van der Waals surface area contributed by atoms with Crippen LogP contribution in [0.5, 0.6) is 11.5 Å². The topological polar surface area (TPSA) is 155 Å². The summed E-state index contributed by atoms with van der Waals surface area (Å²) < 4.78 is 5.23. The summed E-state index contributed by atoms with van der Waals surface area (Å²) in [7, 11) is 1.41. The van der Waals surface area contributed by atoms with Crippen molar-refractivity contribution in [3.8, 4) is 17.6 Å². The van der Waals surface area contributed by atoms with Crippen molar-refractivity contribution in [2.45, 2.75) is 25.2 Å². The Morgan fingerprint density at radius 2 is 2.11 bits per heavy atom. The first-order valence-corrected chi connectivity index (χ1v) is 12.0. The molecule has 0 bridgehead atoms. The van der Waals surface area contributed by atoms with E-state index in [2.05, 4.69) is 16.7 Å². The summed E-state index contributed by atoms with van der Waals surface area (Å²) in [6.07, 6.45) is 1.64. The molecule has 0 unspecified atom stereocenters. The van der Waals surface area contributed by atoms with Crippen LogP contribution in [0.25, 0.3) is 0 Å². The third-order valence-corrected chi connectivity index (χ3v) is 6.94. The van der Waals surface area contributed by atoms with Crippen LogP contribution in [0.15, 0.2) is 64.3 Å². The van der Waals surface area contributed by atoms with E-state index < -0.39 is 16.7 Å². The molecule has 0 radical (unpaired) electrons. The van der Waals surface area contributed by atoms with Gasteiger partial charge in [-0.2, -0.15) is 5.26 Å².